The van der Waals surface area contributed by atoms with Gasteiger partial charge in [-0.2, -0.15) is 27.4 Å². The summed E-state index contributed by atoms with van der Waals surface area (Å²) in [6, 6.07) is 75.0. The standard InChI is InChI=1S/6C15H18N/c2*1-11-7-5-9-14(13(11)3)15-10-6-8-12(2)16(15)4;2*1-11-8-9-14(12(2)10-11)15-7-5-6-13(3)16(15)4;2*1-11-8-9-12(2)14(10-11)15-7-5-6-13(3)16(15)4/h6*5-10H,1-4H3/q6*+1/i2D3;;1D3;;;. The summed E-state index contributed by atoms with van der Waals surface area (Å²) in [5.41, 5.74) is 35.6. The molecule has 6 aromatic carbocycles. The van der Waals surface area contributed by atoms with E-state index in [-0.39, 0.29) is 0 Å². The molecule has 0 aliphatic carbocycles. The van der Waals surface area contributed by atoms with Crippen LogP contribution in [0.1, 0.15) is 109 Å². The fraction of sp³-hybridized carbons (Fsp3) is 0.267. The molecule has 0 aliphatic rings. The highest BCUT2D eigenvalue weighted by molar-refractivity contribution is 5.66. The van der Waals surface area contributed by atoms with Crippen LogP contribution in [0.4, 0.5) is 0 Å². The Morgan fingerprint density at radius 2 is 0.458 bits per heavy atom. The third-order valence-corrected chi connectivity index (χ3v) is 18.9. The largest absolute Gasteiger partial charge is 0.212 e. The first-order valence-corrected chi connectivity index (χ1v) is 33.3. The highest BCUT2D eigenvalue weighted by Gasteiger charge is 2.20. The van der Waals surface area contributed by atoms with Crippen LogP contribution in [0.25, 0.3) is 67.5 Å². The van der Waals surface area contributed by atoms with E-state index in [4.69, 9.17) is 8.22 Å². The Kier molecular flexibility index (Phi) is 22.7. The predicted octanol–water partition coefficient (Wildman–Crippen LogP) is 18.6. The van der Waals surface area contributed by atoms with E-state index in [1.54, 1.807) is 35.9 Å². The molecule has 6 nitrogen and oxygen atoms in total. The van der Waals surface area contributed by atoms with Crippen molar-refractivity contribution in [1.82, 2.24) is 0 Å². The minimum Gasteiger partial charge on any atom is -0.199 e. The van der Waals surface area contributed by atoms with Gasteiger partial charge in [-0.25, -0.2) is 0 Å². The number of nitrogens with zero attached hydrogens (tertiary/aromatic N) is 6. The number of benzene rings is 6. The molecule has 96 heavy (non-hydrogen) atoms. The van der Waals surface area contributed by atoms with E-state index in [1.165, 1.54) is 123 Å². The van der Waals surface area contributed by atoms with Crippen molar-refractivity contribution in [3.8, 4) is 67.5 Å². The van der Waals surface area contributed by atoms with Gasteiger partial charge in [0.1, 0.15) is 42.3 Å². The molecule has 12 rings (SSSR count). The fourth-order valence-corrected chi connectivity index (χ4v) is 11.8. The molecule has 6 aromatic heterocycles. The zero-order chi connectivity index (χ0) is 75.2. The van der Waals surface area contributed by atoms with Crippen molar-refractivity contribution >= 4 is 0 Å². The van der Waals surface area contributed by atoms with Gasteiger partial charge in [-0.15, -0.1) is 0 Å². The average molecular weight is 1280 g/mol. The van der Waals surface area contributed by atoms with E-state index in [9.17, 15) is 0 Å². The van der Waals surface area contributed by atoms with Gasteiger partial charge in [0.05, 0.1) is 0 Å². The summed E-state index contributed by atoms with van der Waals surface area (Å²) in [7, 11) is 12.3. The van der Waals surface area contributed by atoms with Gasteiger partial charge in [-0.1, -0.05) is 95.1 Å². The van der Waals surface area contributed by atoms with Gasteiger partial charge < -0.3 is 0 Å². The average Bonchev–Trinajstić information content (AvgIpc) is 0.822. The van der Waals surface area contributed by atoms with Crippen LogP contribution < -0.4 is 27.4 Å². The summed E-state index contributed by atoms with van der Waals surface area (Å²) in [4.78, 5) is 0. The summed E-state index contributed by atoms with van der Waals surface area (Å²) in [6.45, 7) is 29.8. The van der Waals surface area contributed by atoms with E-state index in [0.717, 1.165) is 33.8 Å². The van der Waals surface area contributed by atoms with Gasteiger partial charge in [-0.3, -0.25) is 0 Å². The second-order valence-electron chi connectivity index (χ2n) is 25.9. The third kappa shape index (κ3) is 18.4. The minimum atomic E-state index is -2.09. The van der Waals surface area contributed by atoms with Crippen molar-refractivity contribution in [3.63, 3.8) is 0 Å². The highest BCUT2D eigenvalue weighted by atomic mass is 15.0. The molecule has 0 N–H and O–H groups in total. The monoisotopic (exact) mass is 1280 g/mol. The molecule has 0 fully saturated rings. The van der Waals surface area contributed by atoms with Crippen molar-refractivity contribution in [2.75, 3.05) is 0 Å². The lowest BCUT2D eigenvalue weighted by Crippen LogP contribution is -2.34. The molecular weight excluding hydrogens is 1170 g/mol. The van der Waals surface area contributed by atoms with Crippen molar-refractivity contribution in [3.05, 3.63) is 319 Å². The van der Waals surface area contributed by atoms with Crippen LogP contribution in [-0.4, -0.2) is 0 Å². The molecule has 0 saturated heterocycles. The number of hydrogen-bond acceptors (Lipinski definition) is 0. The van der Waals surface area contributed by atoms with Crippen LogP contribution in [0.3, 0.4) is 0 Å². The zero-order valence-electron chi connectivity index (χ0n) is 67.5. The van der Waals surface area contributed by atoms with Crippen molar-refractivity contribution in [1.29, 1.82) is 0 Å². The summed E-state index contributed by atoms with van der Waals surface area (Å²) >= 11 is 0. The Bertz CT molecular complexity index is 4700. The molecule has 0 saturated carbocycles. The summed E-state index contributed by atoms with van der Waals surface area (Å²) in [6.07, 6.45) is 0. The lowest BCUT2D eigenvalue weighted by Gasteiger charge is -2.07. The molecule has 0 unspecified atom stereocenters. The van der Waals surface area contributed by atoms with Gasteiger partial charge in [0.25, 0.3) is 0 Å². The third-order valence-electron chi connectivity index (χ3n) is 18.9. The molecule has 0 aliphatic heterocycles. The van der Waals surface area contributed by atoms with Crippen LogP contribution >= 0.6 is 0 Å². The maximum atomic E-state index is 7.58. The van der Waals surface area contributed by atoms with Crippen molar-refractivity contribution in [2.45, 2.75) is 124 Å². The quantitative estimate of drug-likeness (QED) is 0.148. The predicted molar refractivity (Wildman–Crippen MR) is 404 cm³/mol. The molecule has 0 bridgehead atoms. The van der Waals surface area contributed by atoms with Crippen molar-refractivity contribution in [2.24, 2.45) is 42.3 Å². The van der Waals surface area contributed by atoms with E-state index in [0.29, 0.717) is 11.3 Å². The van der Waals surface area contributed by atoms with Crippen LogP contribution in [-0.2, 0) is 42.3 Å². The molecular formula is C90H108N6+6. The number of hydrogen-bond donors (Lipinski definition) is 0. The molecule has 6 heteroatoms. The Balaban J connectivity index is 0.000000172. The Labute approximate surface area is 586 Å². The van der Waals surface area contributed by atoms with Gasteiger partial charge in [-0.05, 0) is 200 Å². The normalized spacial score (nSPS) is 11.7. The molecule has 0 amide bonds. The lowest BCUT2D eigenvalue weighted by atomic mass is 10.00. The number of aryl methyl sites for hydroxylation is 16. The summed E-state index contributed by atoms with van der Waals surface area (Å²) < 4.78 is 57.9. The van der Waals surface area contributed by atoms with E-state index in [2.05, 4.69) is 313 Å². The number of pyridine rings is 6. The van der Waals surface area contributed by atoms with E-state index < -0.39 is 13.7 Å². The number of rotatable bonds is 6. The molecule has 0 spiro atoms. The maximum Gasteiger partial charge on any atom is 0.212 e. The van der Waals surface area contributed by atoms with E-state index >= 15 is 0 Å². The summed E-state index contributed by atoms with van der Waals surface area (Å²) in [5, 5.41) is 0. The van der Waals surface area contributed by atoms with Crippen LogP contribution in [0.15, 0.2) is 218 Å². The van der Waals surface area contributed by atoms with Gasteiger partial charge >= 0.3 is 0 Å². The Morgan fingerprint density at radius 1 is 0.198 bits per heavy atom. The first kappa shape index (κ1) is 64.9. The molecule has 6 heterocycles. The Hall–Kier alpha value is -9.78. The molecule has 12 aromatic rings. The van der Waals surface area contributed by atoms with Gasteiger partial charge in [0.2, 0.25) is 34.2 Å². The molecule has 0 radical (unpaired) electrons. The second-order valence-corrected chi connectivity index (χ2v) is 25.9. The first-order chi connectivity index (χ1) is 48.0. The van der Waals surface area contributed by atoms with Crippen molar-refractivity contribution < 1.29 is 35.6 Å². The van der Waals surface area contributed by atoms with Crippen LogP contribution in [0.5, 0.6) is 0 Å². The maximum absolute atomic E-state index is 7.58. The Morgan fingerprint density at radius 3 is 0.781 bits per heavy atom. The SMILES string of the molecule is Cc1ccc(-c2cccc(C)[n+]2C)c(C)c1.Cc1ccc(C)c(-c2cccc(C)[n+]2C)c1.Cc1ccc(C)c(-c2cccc(C)[n+]2C)c1.Cc1cccc(-c2cccc(C)[n+]2C)c1C.[2H]C([2H])([2H])c1ccc(-c2cccc(C)[n+]2C)c(C)c1.[2H]C([2H])([2H])c1cccc(-c2cccc(C)c2C)[n+]1C. The first-order valence-electron chi connectivity index (χ1n) is 36.3. The summed E-state index contributed by atoms with van der Waals surface area (Å²) in [5.74, 6) is 0. The topological polar surface area (TPSA) is 23.3 Å². The van der Waals surface area contributed by atoms with E-state index in [1.807, 2.05) is 50.4 Å². The van der Waals surface area contributed by atoms with Gasteiger partial charge in [0, 0.05) is 156 Å². The highest BCUT2D eigenvalue weighted by Crippen LogP contribution is 2.27. The molecule has 0 atom stereocenters. The van der Waals surface area contributed by atoms with Crippen LogP contribution in [0.2, 0.25) is 0 Å². The van der Waals surface area contributed by atoms with Crippen LogP contribution in [0, 0.1) is 124 Å². The smallest absolute Gasteiger partial charge is 0.199 e. The van der Waals surface area contributed by atoms with Gasteiger partial charge in [0.15, 0.2) is 34.2 Å². The second kappa shape index (κ2) is 33.6. The lowest BCUT2D eigenvalue weighted by molar-refractivity contribution is -0.666. The zero-order valence-corrected chi connectivity index (χ0v) is 61.5. The minimum absolute atomic E-state index is 0.353. The molecule has 492 valence electrons. The number of aromatic nitrogens is 6. The fourth-order valence-electron chi connectivity index (χ4n) is 11.8.